The molecule has 2 fully saturated rings. The minimum atomic E-state index is -0.600. The van der Waals surface area contributed by atoms with Gasteiger partial charge in [0.05, 0.1) is 4.88 Å². The molecule has 0 spiro atoms. The molecule has 2 aromatic carbocycles. The van der Waals surface area contributed by atoms with E-state index in [1.807, 2.05) is 18.3 Å². The molecule has 0 unspecified atom stereocenters. The Kier molecular flexibility index (Phi) is 7.13. The number of nitrogens with zero attached hydrogens (tertiary/aromatic N) is 3. The van der Waals surface area contributed by atoms with Gasteiger partial charge >= 0.3 is 0 Å². The molecule has 5 rings (SSSR count). The third-order valence-electron chi connectivity index (χ3n) is 6.95. The second-order valence-corrected chi connectivity index (χ2v) is 11.7. The maximum atomic E-state index is 13.7. The molecule has 2 aliphatic rings. The van der Waals surface area contributed by atoms with E-state index < -0.39 is 5.60 Å². The number of carbonyl (C=O) groups is 1. The Balaban J connectivity index is 1.30. The predicted octanol–water partition coefficient (Wildman–Crippen LogP) is 6.10. The van der Waals surface area contributed by atoms with Gasteiger partial charge in [0.15, 0.2) is 17.0 Å². The number of aryl methyl sites for hydroxylation is 1. The van der Waals surface area contributed by atoms with Crippen molar-refractivity contribution in [2.75, 3.05) is 24.5 Å². The van der Waals surface area contributed by atoms with Crippen LogP contribution in [0.1, 0.15) is 44.2 Å². The summed E-state index contributed by atoms with van der Waals surface area (Å²) in [5, 5.41) is 1.01. The molecule has 1 aromatic heterocycles. The summed E-state index contributed by atoms with van der Waals surface area (Å²) in [6, 6.07) is 13.4. The van der Waals surface area contributed by atoms with E-state index in [2.05, 4.69) is 42.7 Å². The van der Waals surface area contributed by atoms with Crippen LogP contribution < -0.4 is 9.64 Å². The summed E-state index contributed by atoms with van der Waals surface area (Å²) < 4.78 is 19.8. The summed E-state index contributed by atoms with van der Waals surface area (Å²) in [7, 11) is 0. The average molecular weight is 508 g/mol. The summed E-state index contributed by atoms with van der Waals surface area (Å²) in [4.78, 5) is 22.1. The Morgan fingerprint density at radius 2 is 2.06 bits per heavy atom. The highest BCUT2D eigenvalue weighted by Gasteiger charge is 2.45. The number of carbonyl (C=O) groups excluding carboxylic acids is 1. The fourth-order valence-corrected chi connectivity index (χ4v) is 6.08. The number of hydrogen-bond donors (Lipinski definition) is 0. The Labute approximate surface area is 216 Å². The molecule has 5 nitrogen and oxygen atoms in total. The SMILES string of the molecule is Cc1cc(CN2CCN(c3ncc(-c4cccc(F)c4)s3)[C@H](CC(C)C)C2)cc(OC2(C=O)CC2)c1. The number of anilines is 1. The Morgan fingerprint density at radius 3 is 2.78 bits per heavy atom. The molecule has 2 heterocycles. The topological polar surface area (TPSA) is 45.7 Å². The number of rotatable bonds is 9. The second kappa shape index (κ2) is 10.3. The third-order valence-corrected chi connectivity index (χ3v) is 8.04. The van der Waals surface area contributed by atoms with Gasteiger partial charge in [-0.3, -0.25) is 9.69 Å². The molecule has 0 bridgehead atoms. The number of aromatic nitrogens is 1. The molecule has 1 saturated carbocycles. The lowest BCUT2D eigenvalue weighted by Crippen LogP contribution is -2.53. The number of halogens is 1. The van der Waals surface area contributed by atoms with Crippen LogP contribution in [0.4, 0.5) is 9.52 Å². The highest BCUT2D eigenvalue weighted by Crippen LogP contribution is 2.39. The fraction of sp³-hybridized carbons (Fsp3) is 0.448. The number of benzene rings is 2. The van der Waals surface area contributed by atoms with Crippen molar-refractivity contribution in [3.63, 3.8) is 0 Å². The van der Waals surface area contributed by atoms with Gasteiger partial charge < -0.3 is 9.64 Å². The van der Waals surface area contributed by atoms with Crippen LogP contribution in [0.5, 0.6) is 5.75 Å². The number of ether oxygens (including phenoxy) is 1. The molecular weight excluding hydrogens is 473 g/mol. The van der Waals surface area contributed by atoms with Gasteiger partial charge in [0.1, 0.15) is 11.6 Å². The molecule has 0 N–H and O–H groups in total. The van der Waals surface area contributed by atoms with Crippen molar-refractivity contribution in [3.05, 3.63) is 65.6 Å². The monoisotopic (exact) mass is 507 g/mol. The Bertz CT molecular complexity index is 1220. The van der Waals surface area contributed by atoms with Crippen molar-refractivity contribution in [1.82, 2.24) is 9.88 Å². The van der Waals surface area contributed by atoms with Crippen molar-refractivity contribution in [2.24, 2.45) is 5.92 Å². The van der Waals surface area contributed by atoms with Crippen molar-refractivity contribution in [1.29, 1.82) is 0 Å². The Hall–Kier alpha value is -2.77. The highest BCUT2D eigenvalue weighted by molar-refractivity contribution is 7.18. The normalized spacial score (nSPS) is 19.5. The third kappa shape index (κ3) is 5.79. The molecule has 0 amide bonds. The fourth-order valence-electron chi connectivity index (χ4n) is 5.07. The van der Waals surface area contributed by atoms with Gasteiger partial charge in [-0.1, -0.05) is 43.4 Å². The average Bonchev–Trinajstić information content (AvgIpc) is 3.42. The number of thiazole rings is 1. The van der Waals surface area contributed by atoms with Crippen molar-refractivity contribution < 1.29 is 13.9 Å². The summed E-state index contributed by atoms with van der Waals surface area (Å²) in [5.41, 5.74) is 2.63. The standard InChI is InChI=1S/C29H34FN3O2S/c1-20(2)11-25-18-32(17-22-12-21(3)13-26(14-22)35-29(19-34)7-8-29)9-10-33(25)28-31-16-27(36-28)23-5-4-6-24(30)15-23/h4-6,12-16,19-20,25H,7-11,17-18H2,1-3H3/t25-/m1/s1. The van der Waals surface area contributed by atoms with E-state index in [-0.39, 0.29) is 5.82 Å². The van der Waals surface area contributed by atoms with Gasteiger partial charge in [-0.2, -0.15) is 0 Å². The maximum Gasteiger partial charge on any atom is 0.186 e. The highest BCUT2D eigenvalue weighted by atomic mass is 32.1. The minimum absolute atomic E-state index is 0.225. The smallest absolute Gasteiger partial charge is 0.186 e. The van der Waals surface area contributed by atoms with Crippen LogP contribution in [0.15, 0.2) is 48.7 Å². The summed E-state index contributed by atoms with van der Waals surface area (Å²) in [6.45, 7) is 10.2. The van der Waals surface area contributed by atoms with Crippen LogP contribution in [-0.2, 0) is 11.3 Å². The van der Waals surface area contributed by atoms with Crippen LogP contribution in [-0.4, -0.2) is 47.4 Å². The first-order valence-corrected chi connectivity index (χ1v) is 13.6. The lowest BCUT2D eigenvalue weighted by molar-refractivity contribution is -0.115. The maximum absolute atomic E-state index is 13.7. The van der Waals surface area contributed by atoms with Crippen molar-refractivity contribution in [3.8, 4) is 16.2 Å². The molecule has 3 aromatic rings. The molecule has 1 aliphatic heterocycles. The van der Waals surface area contributed by atoms with Gasteiger partial charge in [-0.15, -0.1) is 0 Å². The zero-order chi connectivity index (χ0) is 25.3. The van der Waals surface area contributed by atoms with Crippen LogP contribution in [0.25, 0.3) is 10.4 Å². The molecule has 7 heteroatoms. The number of hydrogen-bond acceptors (Lipinski definition) is 6. The van der Waals surface area contributed by atoms with Gasteiger partial charge in [0.2, 0.25) is 0 Å². The van der Waals surface area contributed by atoms with Crippen molar-refractivity contribution >= 4 is 22.8 Å². The quantitative estimate of drug-likeness (QED) is 0.327. The van der Waals surface area contributed by atoms with Gasteiger partial charge in [0, 0.05) is 38.4 Å². The summed E-state index contributed by atoms with van der Waals surface area (Å²) in [5.74, 6) is 1.13. The van der Waals surface area contributed by atoms with E-state index >= 15 is 0 Å². The van der Waals surface area contributed by atoms with Crippen LogP contribution >= 0.6 is 11.3 Å². The van der Waals surface area contributed by atoms with Gasteiger partial charge in [-0.25, -0.2) is 9.37 Å². The lowest BCUT2D eigenvalue weighted by atomic mass is 10.00. The molecular formula is C29H34FN3O2S. The number of piperazine rings is 1. The van der Waals surface area contributed by atoms with Gasteiger partial charge in [0.25, 0.3) is 0 Å². The van der Waals surface area contributed by atoms with E-state index in [9.17, 15) is 9.18 Å². The minimum Gasteiger partial charge on any atom is -0.480 e. The first kappa shape index (κ1) is 24.9. The molecule has 1 saturated heterocycles. The summed E-state index contributed by atoms with van der Waals surface area (Å²) >= 11 is 1.64. The zero-order valence-electron chi connectivity index (χ0n) is 21.2. The second-order valence-electron chi connectivity index (χ2n) is 10.7. The van der Waals surface area contributed by atoms with Crippen LogP contribution in [0.2, 0.25) is 0 Å². The number of aldehydes is 1. The molecule has 190 valence electrons. The lowest BCUT2D eigenvalue weighted by Gasteiger charge is -2.42. The largest absolute Gasteiger partial charge is 0.480 e. The van der Waals surface area contributed by atoms with E-state index in [0.717, 1.165) is 78.6 Å². The van der Waals surface area contributed by atoms with Gasteiger partial charge in [-0.05, 0) is 73.1 Å². The van der Waals surface area contributed by atoms with Crippen LogP contribution in [0.3, 0.4) is 0 Å². The van der Waals surface area contributed by atoms with E-state index in [0.29, 0.717) is 12.0 Å². The predicted molar refractivity (Wildman–Crippen MR) is 143 cm³/mol. The Morgan fingerprint density at radius 1 is 1.22 bits per heavy atom. The first-order valence-electron chi connectivity index (χ1n) is 12.8. The molecule has 0 radical (unpaired) electrons. The molecule has 1 aliphatic carbocycles. The summed E-state index contributed by atoms with van der Waals surface area (Å²) in [6.07, 6.45) is 5.50. The molecule has 36 heavy (non-hydrogen) atoms. The molecule has 1 atom stereocenters. The van der Waals surface area contributed by atoms with E-state index in [4.69, 9.17) is 9.72 Å². The van der Waals surface area contributed by atoms with Crippen molar-refractivity contribution in [2.45, 2.75) is 58.2 Å². The first-order chi connectivity index (χ1) is 17.3. The van der Waals surface area contributed by atoms with E-state index in [1.165, 1.54) is 11.6 Å². The van der Waals surface area contributed by atoms with E-state index in [1.54, 1.807) is 23.5 Å². The van der Waals surface area contributed by atoms with Crippen LogP contribution in [0, 0.1) is 18.7 Å². The zero-order valence-corrected chi connectivity index (χ0v) is 22.1.